The first kappa shape index (κ1) is 15.6. The van der Waals surface area contributed by atoms with Crippen LogP contribution in [-0.2, 0) is 17.8 Å². The Kier molecular flexibility index (Phi) is 4.63. The SMILES string of the molecule is CCOc1ccc(NC(=O)C2Cc3ccccc3CN2)c(C)c1. The molecule has 4 nitrogen and oxygen atoms in total. The van der Waals surface area contributed by atoms with Gasteiger partial charge in [-0.3, -0.25) is 4.79 Å². The molecule has 2 aromatic rings. The number of fused-ring (bicyclic) bond motifs is 1. The van der Waals surface area contributed by atoms with Crippen LogP contribution < -0.4 is 15.4 Å². The number of hydrogen-bond donors (Lipinski definition) is 2. The van der Waals surface area contributed by atoms with E-state index in [4.69, 9.17) is 4.74 Å². The summed E-state index contributed by atoms with van der Waals surface area (Å²) in [5.74, 6) is 0.833. The fourth-order valence-corrected chi connectivity index (χ4v) is 2.89. The third-order valence-electron chi connectivity index (χ3n) is 4.16. The van der Waals surface area contributed by atoms with E-state index in [0.717, 1.165) is 30.0 Å². The molecule has 120 valence electrons. The van der Waals surface area contributed by atoms with E-state index in [1.165, 1.54) is 11.1 Å². The Morgan fingerprint density at radius 2 is 2.04 bits per heavy atom. The van der Waals surface area contributed by atoms with E-state index in [-0.39, 0.29) is 11.9 Å². The fourth-order valence-electron chi connectivity index (χ4n) is 2.89. The lowest BCUT2D eigenvalue weighted by Gasteiger charge is -2.25. The molecule has 1 aliphatic rings. The molecule has 2 aromatic carbocycles. The van der Waals surface area contributed by atoms with E-state index in [9.17, 15) is 4.79 Å². The number of carbonyl (C=O) groups is 1. The molecule has 0 aliphatic carbocycles. The molecule has 1 atom stereocenters. The number of ether oxygens (including phenoxy) is 1. The molecular formula is C19H22N2O2. The van der Waals surface area contributed by atoms with Crippen LogP contribution in [0.2, 0.25) is 0 Å². The normalized spacial score (nSPS) is 16.5. The van der Waals surface area contributed by atoms with Crippen molar-refractivity contribution in [2.45, 2.75) is 32.9 Å². The Morgan fingerprint density at radius 3 is 2.78 bits per heavy atom. The van der Waals surface area contributed by atoms with Gasteiger partial charge < -0.3 is 15.4 Å². The highest BCUT2D eigenvalue weighted by Gasteiger charge is 2.24. The number of rotatable bonds is 4. The summed E-state index contributed by atoms with van der Waals surface area (Å²) in [5, 5.41) is 6.33. The number of nitrogens with one attached hydrogen (secondary N) is 2. The number of aryl methyl sites for hydroxylation is 1. The van der Waals surface area contributed by atoms with Crippen LogP contribution in [0.3, 0.4) is 0 Å². The molecule has 2 N–H and O–H groups in total. The molecule has 4 heteroatoms. The van der Waals surface area contributed by atoms with Crippen molar-refractivity contribution < 1.29 is 9.53 Å². The molecule has 3 rings (SSSR count). The first-order valence-corrected chi connectivity index (χ1v) is 8.02. The molecule has 1 unspecified atom stereocenters. The molecule has 0 aromatic heterocycles. The van der Waals surface area contributed by atoms with Gasteiger partial charge in [0.25, 0.3) is 0 Å². The number of hydrogen-bond acceptors (Lipinski definition) is 3. The van der Waals surface area contributed by atoms with Crippen LogP contribution in [0.15, 0.2) is 42.5 Å². The minimum atomic E-state index is -0.198. The van der Waals surface area contributed by atoms with Gasteiger partial charge in [0.15, 0.2) is 0 Å². The topological polar surface area (TPSA) is 50.4 Å². The first-order chi connectivity index (χ1) is 11.2. The zero-order valence-electron chi connectivity index (χ0n) is 13.6. The van der Waals surface area contributed by atoms with E-state index in [1.54, 1.807) is 0 Å². The monoisotopic (exact) mass is 310 g/mol. The molecular weight excluding hydrogens is 288 g/mol. The molecule has 23 heavy (non-hydrogen) atoms. The Balaban J connectivity index is 1.68. The van der Waals surface area contributed by atoms with Crippen LogP contribution >= 0.6 is 0 Å². The van der Waals surface area contributed by atoms with Crippen molar-refractivity contribution in [1.82, 2.24) is 5.32 Å². The van der Waals surface area contributed by atoms with E-state index in [0.29, 0.717) is 6.61 Å². The largest absolute Gasteiger partial charge is 0.494 e. The summed E-state index contributed by atoms with van der Waals surface area (Å²) in [5.41, 5.74) is 4.35. The first-order valence-electron chi connectivity index (χ1n) is 8.02. The molecule has 1 heterocycles. The van der Waals surface area contributed by atoms with Gasteiger partial charge in [0.2, 0.25) is 5.91 Å². The van der Waals surface area contributed by atoms with Crippen LogP contribution in [0.4, 0.5) is 5.69 Å². The van der Waals surface area contributed by atoms with Gasteiger partial charge in [-0.25, -0.2) is 0 Å². The van der Waals surface area contributed by atoms with Crippen LogP contribution in [0.25, 0.3) is 0 Å². The lowest BCUT2D eigenvalue weighted by Crippen LogP contribution is -2.44. The van der Waals surface area contributed by atoms with Gasteiger partial charge in [0.05, 0.1) is 12.6 Å². The maximum atomic E-state index is 12.5. The number of benzene rings is 2. The minimum absolute atomic E-state index is 0.00626. The lowest BCUT2D eigenvalue weighted by molar-refractivity contribution is -0.118. The van der Waals surface area contributed by atoms with Gasteiger partial charge >= 0.3 is 0 Å². The second-order valence-electron chi connectivity index (χ2n) is 5.81. The van der Waals surface area contributed by atoms with E-state index in [2.05, 4.69) is 22.8 Å². The van der Waals surface area contributed by atoms with Crippen molar-refractivity contribution >= 4 is 11.6 Å². The van der Waals surface area contributed by atoms with Crippen molar-refractivity contribution in [3.63, 3.8) is 0 Å². The third kappa shape index (κ3) is 3.54. The summed E-state index contributed by atoms with van der Waals surface area (Å²) in [6.07, 6.45) is 0.720. The second-order valence-corrected chi connectivity index (χ2v) is 5.81. The highest BCUT2D eigenvalue weighted by Crippen LogP contribution is 2.22. The summed E-state index contributed by atoms with van der Waals surface area (Å²) in [7, 11) is 0. The molecule has 0 fully saturated rings. The summed E-state index contributed by atoms with van der Waals surface area (Å²) in [6, 6.07) is 13.8. The van der Waals surface area contributed by atoms with Crippen molar-refractivity contribution in [3.8, 4) is 5.75 Å². The minimum Gasteiger partial charge on any atom is -0.494 e. The maximum Gasteiger partial charge on any atom is 0.241 e. The van der Waals surface area contributed by atoms with Gasteiger partial charge in [0.1, 0.15) is 5.75 Å². The highest BCUT2D eigenvalue weighted by molar-refractivity contribution is 5.95. The van der Waals surface area contributed by atoms with Crippen molar-refractivity contribution in [2.24, 2.45) is 0 Å². The summed E-state index contributed by atoms with van der Waals surface area (Å²) < 4.78 is 5.48. The van der Waals surface area contributed by atoms with Gasteiger partial charge in [0, 0.05) is 12.2 Å². The van der Waals surface area contributed by atoms with Crippen LogP contribution in [0, 0.1) is 6.92 Å². The average Bonchev–Trinajstić information content (AvgIpc) is 2.57. The third-order valence-corrected chi connectivity index (χ3v) is 4.16. The van der Waals surface area contributed by atoms with Crippen molar-refractivity contribution in [2.75, 3.05) is 11.9 Å². The zero-order valence-corrected chi connectivity index (χ0v) is 13.6. The molecule has 0 bridgehead atoms. The van der Waals surface area contributed by atoms with Crippen LogP contribution in [0.1, 0.15) is 23.6 Å². The van der Waals surface area contributed by atoms with Crippen LogP contribution in [0.5, 0.6) is 5.75 Å². The van der Waals surface area contributed by atoms with Gasteiger partial charge in [-0.1, -0.05) is 24.3 Å². The predicted molar refractivity (Wildman–Crippen MR) is 91.8 cm³/mol. The molecule has 0 saturated carbocycles. The van der Waals surface area contributed by atoms with E-state index >= 15 is 0 Å². The van der Waals surface area contributed by atoms with Crippen molar-refractivity contribution in [1.29, 1.82) is 0 Å². The Bertz CT molecular complexity index is 712. The molecule has 0 saturated heterocycles. The fraction of sp³-hybridized carbons (Fsp3) is 0.316. The molecule has 0 spiro atoms. The quantitative estimate of drug-likeness (QED) is 0.912. The number of amides is 1. The number of carbonyl (C=O) groups excluding carboxylic acids is 1. The Morgan fingerprint density at radius 1 is 1.26 bits per heavy atom. The lowest BCUT2D eigenvalue weighted by atomic mass is 9.95. The molecule has 1 amide bonds. The van der Waals surface area contributed by atoms with Gasteiger partial charge in [-0.05, 0) is 55.2 Å². The second kappa shape index (κ2) is 6.84. The van der Waals surface area contributed by atoms with Crippen molar-refractivity contribution in [3.05, 3.63) is 59.2 Å². The summed E-state index contributed by atoms with van der Waals surface area (Å²) >= 11 is 0. The summed E-state index contributed by atoms with van der Waals surface area (Å²) in [6.45, 7) is 5.30. The molecule has 1 aliphatic heterocycles. The van der Waals surface area contributed by atoms with E-state index < -0.39 is 0 Å². The van der Waals surface area contributed by atoms with E-state index in [1.807, 2.05) is 44.2 Å². The van der Waals surface area contributed by atoms with Gasteiger partial charge in [-0.2, -0.15) is 0 Å². The van der Waals surface area contributed by atoms with Gasteiger partial charge in [-0.15, -0.1) is 0 Å². The molecule has 0 radical (unpaired) electrons. The Hall–Kier alpha value is -2.33. The predicted octanol–water partition coefficient (Wildman–Crippen LogP) is 3.05. The van der Waals surface area contributed by atoms with Crippen LogP contribution in [-0.4, -0.2) is 18.6 Å². The smallest absolute Gasteiger partial charge is 0.241 e. The number of anilines is 1. The highest BCUT2D eigenvalue weighted by atomic mass is 16.5. The maximum absolute atomic E-state index is 12.5. The zero-order chi connectivity index (χ0) is 16.2. The average molecular weight is 310 g/mol. The standard InChI is InChI=1S/C19H22N2O2/c1-3-23-16-8-9-17(13(2)10-16)21-19(22)18-11-14-6-4-5-7-15(14)12-20-18/h4-10,18,20H,3,11-12H2,1-2H3,(H,21,22). The Labute approximate surface area is 136 Å². The summed E-state index contributed by atoms with van der Waals surface area (Å²) in [4.78, 5) is 12.5.